The van der Waals surface area contributed by atoms with Crippen LogP contribution in [0.5, 0.6) is 0 Å². The lowest BCUT2D eigenvalue weighted by atomic mass is 9.98. The molecule has 2 saturated heterocycles. The van der Waals surface area contributed by atoms with Crippen LogP contribution in [0.4, 0.5) is 0 Å². The molecule has 1 N–H and O–H groups in total. The summed E-state index contributed by atoms with van der Waals surface area (Å²) in [5.74, 6) is 1.34. The lowest BCUT2D eigenvalue weighted by Crippen LogP contribution is -2.46. The van der Waals surface area contributed by atoms with E-state index in [1.54, 1.807) is 0 Å². The van der Waals surface area contributed by atoms with Crippen LogP contribution in [0.3, 0.4) is 0 Å². The van der Waals surface area contributed by atoms with Crippen molar-refractivity contribution in [2.75, 3.05) is 7.05 Å². The summed E-state index contributed by atoms with van der Waals surface area (Å²) in [5.41, 5.74) is 0.969. The molecule has 3 heterocycles. The minimum absolute atomic E-state index is 0. The van der Waals surface area contributed by atoms with Gasteiger partial charge >= 0.3 is 0 Å². The van der Waals surface area contributed by atoms with Crippen LogP contribution in [0, 0.1) is 0 Å². The highest BCUT2D eigenvalue weighted by Crippen LogP contribution is 2.30. The summed E-state index contributed by atoms with van der Waals surface area (Å²) in [6.45, 7) is 0.713. The van der Waals surface area contributed by atoms with Crippen LogP contribution in [-0.4, -0.2) is 40.2 Å². The molecule has 2 aliphatic rings. The van der Waals surface area contributed by atoms with Crippen LogP contribution < -0.4 is 5.32 Å². The fourth-order valence-electron chi connectivity index (χ4n) is 3.79. The van der Waals surface area contributed by atoms with Gasteiger partial charge in [0.25, 0.3) is 0 Å². The maximum absolute atomic E-state index is 5.46. The first-order valence-corrected chi connectivity index (χ1v) is 9.01. The predicted octanol–water partition coefficient (Wildman–Crippen LogP) is 3.64. The van der Waals surface area contributed by atoms with Crippen LogP contribution in [0.15, 0.2) is 33.3 Å². The number of fused-ring (bicyclic) bond motifs is 2. The van der Waals surface area contributed by atoms with Gasteiger partial charge in [-0.1, -0.05) is 33.2 Å². The molecule has 1 aromatic carbocycles. The molecule has 0 spiro atoms. The molecular formula is C17H22BrClN4O. The van der Waals surface area contributed by atoms with Gasteiger partial charge < -0.3 is 9.84 Å². The van der Waals surface area contributed by atoms with Gasteiger partial charge in [0.1, 0.15) is 0 Å². The van der Waals surface area contributed by atoms with Crippen molar-refractivity contribution in [3.05, 3.63) is 34.6 Å². The molecule has 7 heteroatoms. The summed E-state index contributed by atoms with van der Waals surface area (Å²) in [5, 5.41) is 7.81. The molecule has 4 rings (SSSR count). The van der Waals surface area contributed by atoms with E-state index in [1.165, 1.54) is 25.7 Å². The Bertz CT molecular complexity index is 683. The number of nitrogens with zero attached hydrogens (tertiary/aromatic N) is 3. The van der Waals surface area contributed by atoms with Crippen molar-refractivity contribution in [2.24, 2.45) is 0 Å². The van der Waals surface area contributed by atoms with E-state index in [9.17, 15) is 0 Å². The van der Waals surface area contributed by atoms with E-state index < -0.39 is 0 Å². The Kier molecular flexibility index (Phi) is 5.59. The minimum Gasteiger partial charge on any atom is -0.338 e. The Balaban J connectivity index is 0.00000169. The molecule has 2 atom stereocenters. The van der Waals surface area contributed by atoms with E-state index >= 15 is 0 Å². The standard InChI is InChI=1S/C17H21BrN4O.ClH/c1-22(15-8-13-5-6-14(9-15)19-13)10-16-20-17(21-23-16)11-3-2-4-12(18)7-11;/h2-4,7,13-15,19H,5-6,8-10H2,1H3;1H. The number of halogens is 2. The van der Waals surface area contributed by atoms with Gasteiger partial charge in [0.15, 0.2) is 0 Å². The van der Waals surface area contributed by atoms with Crippen LogP contribution >= 0.6 is 28.3 Å². The number of nitrogens with one attached hydrogen (secondary N) is 1. The molecule has 0 saturated carbocycles. The third-order valence-electron chi connectivity index (χ3n) is 5.01. The van der Waals surface area contributed by atoms with Gasteiger partial charge in [-0.15, -0.1) is 12.4 Å². The van der Waals surface area contributed by atoms with E-state index in [1.807, 2.05) is 24.3 Å². The quantitative estimate of drug-likeness (QED) is 0.829. The minimum atomic E-state index is 0. The second-order valence-corrected chi connectivity index (χ2v) is 7.62. The van der Waals surface area contributed by atoms with Gasteiger partial charge in [-0.3, -0.25) is 4.90 Å². The number of rotatable bonds is 4. The molecule has 0 amide bonds. The molecule has 2 unspecified atom stereocenters. The Hall–Kier alpha value is -0.950. The normalized spacial score (nSPS) is 25.7. The fourth-order valence-corrected chi connectivity index (χ4v) is 4.19. The Morgan fingerprint density at radius 2 is 2.04 bits per heavy atom. The molecule has 2 fully saturated rings. The lowest BCUT2D eigenvalue weighted by molar-refractivity contribution is 0.150. The highest BCUT2D eigenvalue weighted by atomic mass is 79.9. The van der Waals surface area contributed by atoms with Gasteiger partial charge in [0.05, 0.1) is 6.54 Å². The summed E-state index contributed by atoms with van der Waals surface area (Å²) < 4.78 is 6.47. The number of aromatic nitrogens is 2. The topological polar surface area (TPSA) is 54.2 Å². The molecule has 2 aliphatic heterocycles. The van der Waals surface area contributed by atoms with Gasteiger partial charge in [-0.25, -0.2) is 0 Å². The average molecular weight is 414 g/mol. The Morgan fingerprint density at radius 1 is 1.29 bits per heavy atom. The largest absolute Gasteiger partial charge is 0.338 e. The second-order valence-electron chi connectivity index (χ2n) is 6.70. The maximum Gasteiger partial charge on any atom is 0.241 e. The first-order valence-electron chi connectivity index (χ1n) is 8.22. The van der Waals surface area contributed by atoms with Gasteiger partial charge in [0.2, 0.25) is 11.7 Å². The van der Waals surface area contributed by atoms with E-state index in [-0.39, 0.29) is 12.4 Å². The Morgan fingerprint density at radius 3 is 2.75 bits per heavy atom. The zero-order valence-electron chi connectivity index (χ0n) is 13.6. The molecule has 5 nitrogen and oxygen atoms in total. The molecular weight excluding hydrogens is 392 g/mol. The zero-order valence-corrected chi connectivity index (χ0v) is 16.0. The van der Waals surface area contributed by atoms with E-state index in [2.05, 4.69) is 43.3 Å². The summed E-state index contributed by atoms with van der Waals surface area (Å²) in [7, 11) is 2.17. The van der Waals surface area contributed by atoms with Crippen LogP contribution in [0.2, 0.25) is 0 Å². The fraction of sp³-hybridized carbons (Fsp3) is 0.529. The molecule has 2 aromatic rings. The molecule has 1 aromatic heterocycles. The van der Waals surface area contributed by atoms with E-state index in [0.717, 1.165) is 10.0 Å². The van der Waals surface area contributed by atoms with Crippen molar-refractivity contribution in [1.82, 2.24) is 20.4 Å². The maximum atomic E-state index is 5.46. The Labute approximate surface area is 156 Å². The van der Waals surface area contributed by atoms with E-state index in [0.29, 0.717) is 36.4 Å². The monoisotopic (exact) mass is 412 g/mol. The summed E-state index contributed by atoms with van der Waals surface area (Å²) in [4.78, 5) is 6.92. The number of benzene rings is 1. The van der Waals surface area contributed by atoms with Gasteiger partial charge in [0, 0.05) is 28.2 Å². The smallest absolute Gasteiger partial charge is 0.241 e. The highest BCUT2D eigenvalue weighted by Gasteiger charge is 2.35. The SMILES string of the molecule is CN(Cc1nc(-c2cccc(Br)c2)no1)C1CC2CCC(C1)N2.Cl. The predicted molar refractivity (Wildman–Crippen MR) is 99.1 cm³/mol. The van der Waals surface area contributed by atoms with Crippen molar-refractivity contribution in [2.45, 2.75) is 50.4 Å². The molecule has 0 aliphatic carbocycles. The van der Waals surface area contributed by atoms with Crippen LogP contribution in [0.25, 0.3) is 11.4 Å². The summed E-state index contributed by atoms with van der Waals surface area (Å²) >= 11 is 3.48. The van der Waals surface area contributed by atoms with Crippen LogP contribution in [-0.2, 0) is 6.54 Å². The van der Waals surface area contributed by atoms with Crippen molar-refractivity contribution < 1.29 is 4.52 Å². The first-order chi connectivity index (χ1) is 11.2. The van der Waals surface area contributed by atoms with Crippen molar-refractivity contribution in [3.8, 4) is 11.4 Å². The summed E-state index contributed by atoms with van der Waals surface area (Å²) in [6, 6.07) is 9.96. The number of hydrogen-bond acceptors (Lipinski definition) is 5. The van der Waals surface area contributed by atoms with Crippen molar-refractivity contribution >= 4 is 28.3 Å². The van der Waals surface area contributed by atoms with Crippen molar-refractivity contribution in [1.29, 1.82) is 0 Å². The van der Waals surface area contributed by atoms with Gasteiger partial charge in [-0.05, 0) is 44.9 Å². The zero-order chi connectivity index (χ0) is 15.8. The number of hydrogen-bond donors (Lipinski definition) is 1. The van der Waals surface area contributed by atoms with E-state index in [4.69, 9.17) is 4.52 Å². The highest BCUT2D eigenvalue weighted by molar-refractivity contribution is 9.10. The molecule has 130 valence electrons. The first kappa shape index (κ1) is 17.9. The summed E-state index contributed by atoms with van der Waals surface area (Å²) in [6.07, 6.45) is 5.09. The third kappa shape index (κ3) is 3.82. The third-order valence-corrected chi connectivity index (χ3v) is 5.50. The van der Waals surface area contributed by atoms with Crippen LogP contribution in [0.1, 0.15) is 31.6 Å². The average Bonchev–Trinajstić information content (AvgIpc) is 3.14. The van der Waals surface area contributed by atoms with Crippen molar-refractivity contribution in [3.63, 3.8) is 0 Å². The molecule has 0 radical (unpaired) electrons. The number of piperidine rings is 1. The van der Waals surface area contributed by atoms with Gasteiger partial charge in [-0.2, -0.15) is 4.98 Å². The lowest BCUT2D eigenvalue weighted by Gasteiger charge is -2.34. The molecule has 2 bridgehead atoms. The second kappa shape index (κ2) is 7.52. The molecule has 24 heavy (non-hydrogen) atoms.